The third-order valence-electron chi connectivity index (χ3n) is 3.80. The highest BCUT2D eigenvalue weighted by Gasteiger charge is 2.33. The van der Waals surface area contributed by atoms with E-state index in [0.717, 1.165) is 18.4 Å². The fourth-order valence-corrected chi connectivity index (χ4v) is 2.94. The minimum atomic E-state index is 0.450. The number of piperidine rings is 1. The lowest BCUT2D eigenvalue weighted by Crippen LogP contribution is -2.38. The SMILES string of the molecule is Clc1ccc(C2C[C@H]3CNC[C@H]3CN2)cn1. The molecule has 0 radical (unpaired) electrons. The van der Waals surface area contributed by atoms with Gasteiger partial charge in [-0.3, -0.25) is 0 Å². The molecule has 2 fully saturated rings. The number of hydrogen-bond acceptors (Lipinski definition) is 3. The highest BCUT2D eigenvalue weighted by atomic mass is 35.5. The van der Waals surface area contributed by atoms with Crippen LogP contribution in [0.3, 0.4) is 0 Å². The fourth-order valence-electron chi connectivity index (χ4n) is 2.83. The van der Waals surface area contributed by atoms with E-state index in [0.29, 0.717) is 11.2 Å². The molecule has 0 aromatic carbocycles. The van der Waals surface area contributed by atoms with Crippen LogP contribution < -0.4 is 10.6 Å². The molecule has 1 aromatic rings. The van der Waals surface area contributed by atoms with Crippen molar-refractivity contribution in [2.45, 2.75) is 12.5 Å². The number of nitrogens with zero attached hydrogens (tertiary/aromatic N) is 1. The van der Waals surface area contributed by atoms with E-state index < -0.39 is 0 Å². The standard InChI is InChI=1S/C12H16ClN3/c13-12-2-1-8(6-16-12)11-3-9-4-14-5-10(9)7-15-11/h1-2,6,9-11,14-15H,3-5,7H2/t9-,10-,11?/m0/s1. The summed E-state index contributed by atoms with van der Waals surface area (Å²) in [5, 5.41) is 7.64. The van der Waals surface area contributed by atoms with E-state index in [1.165, 1.54) is 25.1 Å². The molecule has 2 aliphatic heterocycles. The van der Waals surface area contributed by atoms with Crippen LogP contribution in [0.2, 0.25) is 5.15 Å². The van der Waals surface area contributed by atoms with Crippen molar-refractivity contribution in [3.8, 4) is 0 Å². The topological polar surface area (TPSA) is 37.0 Å². The molecule has 2 N–H and O–H groups in total. The molecule has 2 aliphatic rings. The van der Waals surface area contributed by atoms with Gasteiger partial charge in [-0.1, -0.05) is 17.7 Å². The second-order valence-corrected chi connectivity index (χ2v) is 5.18. The summed E-state index contributed by atoms with van der Waals surface area (Å²) >= 11 is 5.80. The number of hydrogen-bond donors (Lipinski definition) is 2. The second-order valence-electron chi connectivity index (χ2n) is 4.79. The van der Waals surface area contributed by atoms with Gasteiger partial charge in [0.05, 0.1) is 0 Å². The van der Waals surface area contributed by atoms with E-state index in [4.69, 9.17) is 11.6 Å². The Kier molecular flexibility index (Phi) is 2.84. The molecule has 0 amide bonds. The zero-order chi connectivity index (χ0) is 11.0. The average molecular weight is 238 g/mol. The van der Waals surface area contributed by atoms with Gasteiger partial charge in [0.15, 0.2) is 0 Å². The Labute approximate surface area is 101 Å². The lowest BCUT2D eigenvalue weighted by molar-refractivity contribution is 0.260. The van der Waals surface area contributed by atoms with Crippen LogP contribution in [0.15, 0.2) is 18.3 Å². The first-order valence-electron chi connectivity index (χ1n) is 5.88. The maximum absolute atomic E-state index is 5.80. The molecule has 0 bridgehead atoms. The molecule has 3 rings (SSSR count). The Hall–Kier alpha value is -0.640. The molecule has 0 spiro atoms. The molecule has 86 valence electrons. The predicted octanol–water partition coefficient (Wildman–Crippen LogP) is 1.60. The molecule has 2 saturated heterocycles. The molecule has 3 atom stereocenters. The molecule has 1 unspecified atom stereocenters. The van der Waals surface area contributed by atoms with Gasteiger partial charge in [-0.2, -0.15) is 0 Å². The lowest BCUT2D eigenvalue weighted by atomic mass is 9.84. The van der Waals surface area contributed by atoms with Crippen molar-refractivity contribution in [3.05, 3.63) is 29.0 Å². The maximum Gasteiger partial charge on any atom is 0.129 e. The van der Waals surface area contributed by atoms with E-state index in [9.17, 15) is 0 Å². The minimum absolute atomic E-state index is 0.450. The molecule has 3 nitrogen and oxygen atoms in total. The summed E-state index contributed by atoms with van der Waals surface area (Å²) < 4.78 is 0. The number of aromatic nitrogens is 1. The fraction of sp³-hybridized carbons (Fsp3) is 0.583. The third kappa shape index (κ3) is 1.95. The van der Waals surface area contributed by atoms with Crippen LogP contribution in [0.1, 0.15) is 18.0 Å². The van der Waals surface area contributed by atoms with Gasteiger partial charge in [0.1, 0.15) is 5.15 Å². The summed E-state index contributed by atoms with van der Waals surface area (Å²) in [6, 6.07) is 4.40. The van der Waals surface area contributed by atoms with Gasteiger partial charge in [0, 0.05) is 18.8 Å². The van der Waals surface area contributed by atoms with E-state index in [1.54, 1.807) is 0 Å². The van der Waals surface area contributed by atoms with Crippen LogP contribution in [-0.2, 0) is 0 Å². The molecule has 0 aliphatic carbocycles. The molecular formula is C12H16ClN3. The summed E-state index contributed by atoms with van der Waals surface area (Å²) in [6.07, 6.45) is 3.10. The van der Waals surface area contributed by atoms with Gasteiger partial charge in [-0.15, -0.1) is 0 Å². The molecule has 4 heteroatoms. The zero-order valence-electron chi connectivity index (χ0n) is 9.12. The van der Waals surface area contributed by atoms with Gasteiger partial charge in [-0.05, 0) is 43.0 Å². The summed E-state index contributed by atoms with van der Waals surface area (Å²) in [5.74, 6) is 1.64. The van der Waals surface area contributed by atoms with Gasteiger partial charge in [-0.25, -0.2) is 4.98 Å². The van der Waals surface area contributed by atoms with Crippen LogP contribution in [-0.4, -0.2) is 24.6 Å². The highest BCUT2D eigenvalue weighted by Crippen LogP contribution is 2.32. The molecule has 3 heterocycles. The van der Waals surface area contributed by atoms with Crippen molar-refractivity contribution in [1.82, 2.24) is 15.6 Å². The quantitative estimate of drug-likeness (QED) is 0.729. The monoisotopic (exact) mass is 237 g/mol. The van der Waals surface area contributed by atoms with E-state index in [2.05, 4.69) is 21.7 Å². The van der Waals surface area contributed by atoms with Crippen LogP contribution in [0.5, 0.6) is 0 Å². The summed E-state index contributed by atoms with van der Waals surface area (Å²) in [5.41, 5.74) is 1.26. The van der Waals surface area contributed by atoms with Crippen LogP contribution in [0, 0.1) is 11.8 Å². The number of pyridine rings is 1. The largest absolute Gasteiger partial charge is 0.316 e. The van der Waals surface area contributed by atoms with Crippen molar-refractivity contribution in [1.29, 1.82) is 0 Å². The number of halogens is 1. The van der Waals surface area contributed by atoms with E-state index in [1.807, 2.05) is 12.3 Å². The van der Waals surface area contributed by atoms with Crippen molar-refractivity contribution in [2.24, 2.45) is 11.8 Å². The minimum Gasteiger partial charge on any atom is -0.316 e. The van der Waals surface area contributed by atoms with Gasteiger partial charge >= 0.3 is 0 Å². The van der Waals surface area contributed by atoms with E-state index >= 15 is 0 Å². The van der Waals surface area contributed by atoms with Crippen molar-refractivity contribution < 1.29 is 0 Å². The Morgan fingerprint density at radius 1 is 1.19 bits per heavy atom. The maximum atomic E-state index is 5.80. The number of nitrogens with one attached hydrogen (secondary N) is 2. The Morgan fingerprint density at radius 2 is 2.06 bits per heavy atom. The number of fused-ring (bicyclic) bond motifs is 1. The van der Waals surface area contributed by atoms with Crippen LogP contribution in [0.4, 0.5) is 0 Å². The molecule has 1 aromatic heterocycles. The average Bonchev–Trinajstić information content (AvgIpc) is 2.77. The Morgan fingerprint density at radius 3 is 2.88 bits per heavy atom. The van der Waals surface area contributed by atoms with E-state index in [-0.39, 0.29) is 0 Å². The second kappa shape index (κ2) is 4.32. The Balaban J connectivity index is 1.74. The van der Waals surface area contributed by atoms with Crippen LogP contribution in [0.25, 0.3) is 0 Å². The normalized spacial score (nSPS) is 33.7. The molecule has 0 saturated carbocycles. The third-order valence-corrected chi connectivity index (χ3v) is 4.02. The predicted molar refractivity (Wildman–Crippen MR) is 64.5 cm³/mol. The highest BCUT2D eigenvalue weighted by molar-refractivity contribution is 6.29. The zero-order valence-corrected chi connectivity index (χ0v) is 9.87. The Bertz CT molecular complexity index is 365. The van der Waals surface area contributed by atoms with Crippen molar-refractivity contribution >= 4 is 11.6 Å². The van der Waals surface area contributed by atoms with Crippen LogP contribution >= 0.6 is 11.6 Å². The number of rotatable bonds is 1. The molecular weight excluding hydrogens is 222 g/mol. The van der Waals surface area contributed by atoms with Gasteiger partial charge < -0.3 is 10.6 Å². The van der Waals surface area contributed by atoms with Crippen molar-refractivity contribution in [3.63, 3.8) is 0 Å². The van der Waals surface area contributed by atoms with Crippen molar-refractivity contribution in [2.75, 3.05) is 19.6 Å². The summed E-state index contributed by atoms with van der Waals surface area (Å²) in [7, 11) is 0. The van der Waals surface area contributed by atoms with Gasteiger partial charge in [0.2, 0.25) is 0 Å². The summed E-state index contributed by atoms with van der Waals surface area (Å²) in [4.78, 5) is 4.15. The lowest BCUT2D eigenvalue weighted by Gasteiger charge is -2.32. The van der Waals surface area contributed by atoms with Gasteiger partial charge in [0.25, 0.3) is 0 Å². The first kappa shape index (κ1) is 10.5. The summed E-state index contributed by atoms with van der Waals surface area (Å²) in [6.45, 7) is 3.46. The smallest absolute Gasteiger partial charge is 0.129 e. The molecule has 16 heavy (non-hydrogen) atoms. The first-order valence-corrected chi connectivity index (χ1v) is 6.26. The first-order chi connectivity index (χ1) is 7.83.